The Morgan fingerprint density at radius 1 is 1.31 bits per heavy atom. The highest BCUT2D eigenvalue weighted by atomic mass is 79.9. The molecular weight excluding hydrogens is 251 g/mol. The van der Waals surface area contributed by atoms with Gasteiger partial charge in [-0.25, -0.2) is 13.2 Å². The number of primary amides is 1. The van der Waals surface area contributed by atoms with Crippen molar-refractivity contribution in [1.82, 2.24) is 0 Å². The van der Waals surface area contributed by atoms with Crippen LogP contribution in [0, 0.1) is 17.5 Å². The molecule has 0 radical (unpaired) electrons. The summed E-state index contributed by atoms with van der Waals surface area (Å²) in [6, 6.07) is 0.637. The fourth-order valence-electron chi connectivity index (χ4n) is 0.792. The van der Waals surface area contributed by atoms with Crippen molar-refractivity contribution in [3.63, 3.8) is 0 Å². The van der Waals surface area contributed by atoms with Crippen molar-refractivity contribution in [2.75, 3.05) is 0 Å². The molecule has 6 heteroatoms. The van der Waals surface area contributed by atoms with E-state index in [4.69, 9.17) is 0 Å². The van der Waals surface area contributed by atoms with Gasteiger partial charge in [-0.05, 0) is 22.0 Å². The monoisotopic (exact) mass is 253 g/mol. The molecule has 0 heterocycles. The first kappa shape index (κ1) is 10.0. The van der Waals surface area contributed by atoms with Crippen LogP contribution in [0.5, 0.6) is 0 Å². The molecule has 0 bridgehead atoms. The zero-order chi connectivity index (χ0) is 10.2. The Bertz CT molecular complexity index is 380. The molecule has 0 unspecified atom stereocenters. The lowest BCUT2D eigenvalue weighted by atomic mass is 10.2. The van der Waals surface area contributed by atoms with Crippen molar-refractivity contribution in [1.29, 1.82) is 0 Å². The highest BCUT2D eigenvalue weighted by Gasteiger charge is 2.21. The molecule has 0 saturated carbocycles. The standard InChI is InChI=1S/C7H3BrF3NO/c8-2-1-3(9)4(7(12)13)6(11)5(2)10/h1H,(H2,12,13). The van der Waals surface area contributed by atoms with E-state index in [1.807, 2.05) is 0 Å². The lowest BCUT2D eigenvalue weighted by Gasteiger charge is -2.02. The quantitative estimate of drug-likeness (QED) is 0.604. The summed E-state index contributed by atoms with van der Waals surface area (Å²) in [7, 11) is 0. The Morgan fingerprint density at radius 3 is 2.31 bits per heavy atom. The van der Waals surface area contributed by atoms with Crippen molar-refractivity contribution in [2.24, 2.45) is 5.73 Å². The molecule has 0 aromatic heterocycles. The average Bonchev–Trinajstić information content (AvgIpc) is 1.99. The van der Waals surface area contributed by atoms with Gasteiger partial charge in [-0.15, -0.1) is 0 Å². The normalized spacial score (nSPS) is 10.2. The second-order valence-electron chi connectivity index (χ2n) is 2.21. The summed E-state index contributed by atoms with van der Waals surface area (Å²) in [6.07, 6.45) is 0. The van der Waals surface area contributed by atoms with Crippen LogP contribution in [-0.4, -0.2) is 5.91 Å². The van der Waals surface area contributed by atoms with E-state index in [1.54, 1.807) is 0 Å². The molecule has 1 aromatic rings. The van der Waals surface area contributed by atoms with Crippen molar-refractivity contribution < 1.29 is 18.0 Å². The lowest BCUT2D eigenvalue weighted by molar-refractivity contribution is 0.0991. The topological polar surface area (TPSA) is 43.1 Å². The van der Waals surface area contributed by atoms with Gasteiger partial charge >= 0.3 is 0 Å². The zero-order valence-electron chi connectivity index (χ0n) is 6.07. The molecule has 0 spiro atoms. The first-order valence-electron chi connectivity index (χ1n) is 3.08. The number of hydrogen-bond donors (Lipinski definition) is 1. The SMILES string of the molecule is NC(=O)c1c(F)cc(Br)c(F)c1F. The van der Waals surface area contributed by atoms with Gasteiger partial charge in [0.1, 0.15) is 11.4 Å². The molecule has 70 valence electrons. The van der Waals surface area contributed by atoms with E-state index >= 15 is 0 Å². The van der Waals surface area contributed by atoms with E-state index < -0.39 is 33.4 Å². The number of halogens is 4. The number of nitrogens with two attached hydrogens (primary N) is 1. The van der Waals surface area contributed by atoms with Gasteiger partial charge in [0, 0.05) is 0 Å². The van der Waals surface area contributed by atoms with E-state index in [2.05, 4.69) is 21.7 Å². The molecule has 0 aliphatic carbocycles. The van der Waals surface area contributed by atoms with E-state index in [9.17, 15) is 18.0 Å². The number of carbonyl (C=O) groups excluding carboxylic acids is 1. The molecule has 1 aromatic carbocycles. The first-order valence-corrected chi connectivity index (χ1v) is 3.87. The number of amides is 1. The maximum Gasteiger partial charge on any atom is 0.254 e. The summed E-state index contributed by atoms with van der Waals surface area (Å²) in [5, 5.41) is 0. The third kappa shape index (κ3) is 1.67. The van der Waals surface area contributed by atoms with Crippen molar-refractivity contribution in [3.05, 3.63) is 33.6 Å². The third-order valence-corrected chi connectivity index (χ3v) is 1.94. The summed E-state index contributed by atoms with van der Waals surface area (Å²) in [5.74, 6) is -5.46. The highest BCUT2D eigenvalue weighted by Crippen LogP contribution is 2.23. The van der Waals surface area contributed by atoms with Gasteiger partial charge in [0.15, 0.2) is 11.6 Å². The molecule has 2 nitrogen and oxygen atoms in total. The van der Waals surface area contributed by atoms with Crippen LogP contribution >= 0.6 is 15.9 Å². The maximum absolute atomic E-state index is 12.8. The van der Waals surface area contributed by atoms with Crippen LogP contribution in [0.3, 0.4) is 0 Å². The molecule has 13 heavy (non-hydrogen) atoms. The number of hydrogen-bond acceptors (Lipinski definition) is 1. The number of rotatable bonds is 1. The van der Waals surface area contributed by atoms with Crippen molar-refractivity contribution >= 4 is 21.8 Å². The Kier molecular flexibility index (Phi) is 2.60. The Balaban J connectivity index is 3.53. The van der Waals surface area contributed by atoms with Gasteiger partial charge in [-0.1, -0.05) is 0 Å². The number of benzene rings is 1. The Labute approximate surface area is 79.7 Å². The fraction of sp³-hybridized carbons (Fsp3) is 0. The van der Waals surface area contributed by atoms with E-state index in [-0.39, 0.29) is 0 Å². The summed E-state index contributed by atoms with van der Waals surface area (Å²) in [4.78, 5) is 10.5. The van der Waals surface area contributed by atoms with Crippen LogP contribution in [0.15, 0.2) is 10.5 Å². The second-order valence-corrected chi connectivity index (χ2v) is 3.06. The second kappa shape index (κ2) is 3.37. The smallest absolute Gasteiger partial charge is 0.254 e. The molecular formula is C7H3BrF3NO. The minimum Gasteiger partial charge on any atom is -0.365 e. The summed E-state index contributed by atoms with van der Waals surface area (Å²) < 4.78 is 38.0. The largest absolute Gasteiger partial charge is 0.365 e. The maximum atomic E-state index is 12.8. The van der Waals surface area contributed by atoms with Crippen LogP contribution in [0.25, 0.3) is 0 Å². The van der Waals surface area contributed by atoms with Gasteiger partial charge in [0.25, 0.3) is 5.91 Å². The minimum atomic E-state index is -1.58. The summed E-state index contributed by atoms with van der Waals surface area (Å²) >= 11 is 2.57. The lowest BCUT2D eigenvalue weighted by Crippen LogP contribution is -2.16. The van der Waals surface area contributed by atoms with Crippen molar-refractivity contribution in [2.45, 2.75) is 0 Å². The highest BCUT2D eigenvalue weighted by molar-refractivity contribution is 9.10. The van der Waals surface area contributed by atoms with Crippen LogP contribution in [0.1, 0.15) is 10.4 Å². The van der Waals surface area contributed by atoms with E-state index in [0.29, 0.717) is 6.07 Å². The van der Waals surface area contributed by atoms with Gasteiger partial charge < -0.3 is 5.73 Å². The predicted octanol–water partition coefficient (Wildman–Crippen LogP) is 1.97. The number of carbonyl (C=O) groups is 1. The molecule has 1 rings (SSSR count). The molecule has 1 amide bonds. The molecule has 0 aliphatic rings. The van der Waals surface area contributed by atoms with E-state index in [0.717, 1.165) is 0 Å². The molecule has 0 atom stereocenters. The zero-order valence-corrected chi connectivity index (χ0v) is 7.66. The molecule has 0 aliphatic heterocycles. The summed E-state index contributed by atoms with van der Waals surface area (Å²) in [5.41, 5.74) is 3.56. The average molecular weight is 254 g/mol. The first-order chi connectivity index (χ1) is 5.95. The van der Waals surface area contributed by atoms with Crippen LogP contribution < -0.4 is 5.73 Å². The van der Waals surface area contributed by atoms with Gasteiger partial charge in [0.05, 0.1) is 4.47 Å². The van der Waals surface area contributed by atoms with Gasteiger partial charge in [-0.3, -0.25) is 4.79 Å². The van der Waals surface area contributed by atoms with Gasteiger partial charge in [0.2, 0.25) is 0 Å². The fourth-order valence-corrected chi connectivity index (χ4v) is 1.17. The third-order valence-electron chi connectivity index (χ3n) is 1.36. The predicted molar refractivity (Wildman–Crippen MR) is 42.5 cm³/mol. The molecule has 0 saturated heterocycles. The van der Waals surface area contributed by atoms with Crippen molar-refractivity contribution in [3.8, 4) is 0 Å². The van der Waals surface area contributed by atoms with Crippen LogP contribution in [0.4, 0.5) is 13.2 Å². The Morgan fingerprint density at radius 2 is 1.85 bits per heavy atom. The Hall–Kier alpha value is -1.04. The molecule has 2 N–H and O–H groups in total. The van der Waals surface area contributed by atoms with E-state index in [1.165, 1.54) is 0 Å². The van der Waals surface area contributed by atoms with Gasteiger partial charge in [-0.2, -0.15) is 0 Å². The van der Waals surface area contributed by atoms with Crippen LogP contribution in [-0.2, 0) is 0 Å². The minimum absolute atomic E-state index is 0.396. The molecule has 0 fully saturated rings. The van der Waals surface area contributed by atoms with Crippen LogP contribution in [0.2, 0.25) is 0 Å². The summed E-state index contributed by atoms with van der Waals surface area (Å²) in [6.45, 7) is 0.